The lowest BCUT2D eigenvalue weighted by molar-refractivity contribution is 0.0458. The highest BCUT2D eigenvalue weighted by Crippen LogP contribution is 2.16. The number of unbranched alkanes of at least 4 members (excludes halogenated alkanes) is 2. The summed E-state index contributed by atoms with van der Waals surface area (Å²) in [5, 5.41) is 0. The number of ether oxygens (including phenoxy) is 1. The molecule has 0 rings (SSSR count). The first-order valence-electron chi connectivity index (χ1n) is 6.32. The molecule has 1 heteroatoms. The molecule has 86 valence electrons. The highest BCUT2D eigenvalue weighted by atomic mass is 16.5. The van der Waals surface area contributed by atoms with Gasteiger partial charge in [-0.15, -0.1) is 0 Å². The van der Waals surface area contributed by atoms with E-state index in [-0.39, 0.29) is 0 Å². The van der Waals surface area contributed by atoms with Gasteiger partial charge in [-0.1, -0.05) is 39.5 Å². The molecule has 0 N–H and O–H groups in total. The van der Waals surface area contributed by atoms with Gasteiger partial charge in [-0.25, -0.2) is 0 Å². The van der Waals surface area contributed by atoms with Gasteiger partial charge in [0.1, 0.15) is 0 Å². The van der Waals surface area contributed by atoms with Crippen molar-refractivity contribution >= 4 is 0 Å². The first-order chi connectivity index (χ1) is 6.70. The maximum absolute atomic E-state index is 5.69. The van der Waals surface area contributed by atoms with E-state index in [1.165, 1.54) is 38.5 Å². The molecule has 0 aromatic heterocycles. The minimum Gasteiger partial charge on any atom is -0.379 e. The summed E-state index contributed by atoms with van der Waals surface area (Å²) in [6.07, 6.45) is 8.44. The molecule has 0 aliphatic rings. The van der Waals surface area contributed by atoms with Crippen molar-refractivity contribution in [1.82, 2.24) is 0 Å². The molecule has 1 nitrogen and oxygen atoms in total. The standard InChI is InChI=1S/C13H28O/c1-5-7-8-10-13(9-6-2)11-14-12(3)4/h12-13H,5-11H2,1-4H3. The summed E-state index contributed by atoms with van der Waals surface area (Å²) in [6, 6.07) is 0. The molecule has 0 saturated heterocycles. The van der Waals surface area contributed by atoms with Crippen LogP contribution in [0.25, 0.3) is 0 Å². The first-order valence-corrected chi connectivity index (χ1v) is 6.32. The van der Waals surface area contributed by atoms with Gasteiger partial charge in [0, 0.05) is 6.61 Å². The number of rotatable bonds is 9. The monoisotopic (exact) mass is 200 g/mol. The first kappa shape index (κ1) is 14.0. The molecule has 0 amide bonds. The van der Waals surface area contributed by atoms with E-state index in [0.29, 0.717) is 6.10 Å². The van der Waals surface area contributed by atoms with Crippen LogP contribution in [0.1, 0.15) is 66.2 Å². The molecule has 0 aromatic carbocycles. The minimum absolute atomic E-state index is 0.389. The van der Waals surface area contributed by atoms with Crippen molar-refractivity contribution in [1.29, 1.82) is 0 Å². The third-order valence-electron chi connectivity index (χ3n) is 2.58. The van der Waals surface area contributed by atoms with E-state index in [9.17, 15) is 0 Å². The van der Waals surface area contributed by atoms with Crippen LogP contribution in [0, 0.1) is 5.92 Å². The van der Waals surface area contributed by atoms with Crippen LogP contribution in [0.2, 0.25) is 0 Å². The molecule has 1 unspecified atom stereocenters. The van der Waals surface area contributed by atoms with Crippen molar-refractivity contribution in [2.24, 2.45) is 5.92 Å². The number of hydrogen-bond acceptors (Lipinski definition) is 1. The maximum Gasteiger partial charge on any atom is 0.0519 e. The summed E-state index contributed by atoms with van der Waals surface area (Å²) in [6.45, 7) is 9.74. The summed E-state index contributed by atoms with van der Waals surface area (Å²) < 4.78 is 5.69. The van der Waals surface area contributed by atoms with E-state index in [2.05, 4.69) is 27.7 Å². The fourth-order valence-electron chi connectivity index (χ4n) is 1.73. The molecule has 0 aromatic rings. The lowest BCUT2D eigenvalue weighted by Gasteiger charge is -2.17. The van der Waals surface area contributed by atoms with Crippen LogP contribution in [0.3, 0.4) is 0 Å². The van der Waals surface area contributed by atoms with Crippen LogP contribution >= 0.6 is 0 Å². The van der Waals surface area contributed by atoms with E-state index >= 15 is 0 Å². The molecule has 0 saturated carbocycles. The minimum atomic E-state index is 0.389. The lowest BCUT2D eigenvalue weighted by atomic mass is 9.97. The molecule has 0 aliphatic carbocycles. The highest BCUT2D eigenvalue weighted by Gasteiger charge is 2.08. The van der Waals surface area contributed by atoms with E-state index < -0.39 is 0 Å². The van der Waals surface area contributed by atoms with Crippen LogP contribution in [0.4, 0.5) is 0 Å². The summed E-state index contributed by atoms with van der Waals surface area (Å²) in [5.74, 6) is 0.800. The van der Waals surface area contributed by atoms with Gasteiger partial charge in [0.05, 0.1) is 6.10 Å². The Balaban J connectivity index is 3.54. The Morgan fingerprint density at radius 3 is 2.14 bits per heavy atom. The quantitative estimate of drug-likeness (QED) is 0.501. The predicted octanol–water partition coefficient (Wildman–Crippen LogP) is 4.41. The van der Waals surface area contributed by atoms with E-state index in [4.69, 9.17) is 4.74 Å². The predicted molar refractivity (Wildman–Crippen MR) is 63.6 cm³/mol. The molecule has 0 bridgehead atoms. The maximum atomic E-state index is 5.69. The molecule has 0 heterocycles. The zero-order chi connectivity index (χ0) is 10.8. The average Bonchev–Trinajstić information content (AvgIpc) is 2.14. The van der Waals surface area contributed by atoms with Gasteiger partial charge in [0.15, 0.2) is 0 Å². The van der Waals surface area contributed by atoms with Gasteiger partial charge in [-0.2, -0.15) is 0 Å². The summed E-state index contributed by atoms with van der Waals surface area (Å²) >= 11 is 0. The second kappa shape index (κ2) is 9.51. The Labute approximate surface area is 90.2 Å². The third kappa shape index (κ3) is 8.55. The van der Waals surface area contributed by atoms with Crippen LogP contribution in [0.5, 0.6) is 0 Å². The van der Waals surface area contributed by atoms with Gasteiger partial charge in [-0.05, 0) is 32.6 Å². The van der Waals surface area contributed by atoms with Crippen molar-refractivity contribution in [2.75, 3.05) is 6.61 Å². The van der Waals surface area contributed by atoms with Gasteiger partial charge < -0.3 is 4.74 Å². The summed E-state index contributed by atoms with van der Waals surface area (Å²) in [4.78, 5) is 0. The topological polar surface area (TPSA) is 9.23 Å². The average molecular weight is 200 g/mol. The van der Waals surface area contributed by atoms with Crippen molar-refractivity contribution in [3.05, 3.63) is 0 Å². The van der Waals surface area contributed by atoms with Crippen molar-refractivity contribution in [2.45, 2.75) is 72.3 Å². The second-order valence-corrected chi connectivity index (χ2v) is 4.53. The molecule has 0 fully saturated rings. The SMILES string of the molecule is CCCCCC(CCC)COC(C)C. The van der Waals surface area contributed by atoms with E-state index in [1.54, 1.807) is 0 Å². The van der Waals surface area contributed by atoms with Crippen molar-refractivity contribution in [3.8, 4) is 0 Å². The molecule has 0 aliphatic heterocycles. The van der Waals surface area contributed by atoms with E-state index in [1.807, 2.05) is 0 Å². The Kier molecular flexibility index (Phi) is 9.49. The molecule has 14 heavy (non-hydrogen) atoms. The van der Waals surface area contributed by atoms with Crippen molar-refractivity contribution in [3.63, 3.8) is 0 Å². The zero-order valence-electron chi connectivity index (χ0n) is 10.5. The zero-order valence-corrected chi connectivity index (χ0v) is 10.5. The smallest absolute Gasteiger partial charge is 0.0519 e. The fraction of sp³-hybridized carbons (Fsp3) is 1.00. The molecular formula is C13H28O. The number of hydrogen-bond donors (Lipinski definition) is 0. The van der Waals surface area contributed by atoms with Crippen LogP contribution in [-0.4, -0.2) is 12.7 Å². The largest absolute Gasteiger partial charge is 0.379 e. The summed E-state index contributed by atoms with van der Waals surface area (Å²) in [5.41, 5.74) is 0. The molecule has 1 atom stereocenters. The van der Waals surface area contributed by atoms with E-state index in [0.717, 1.165) is 12.5 Å². The van der Waals surface area contributed by atoms with Gasteiger partial charge in [-0.3, -0.25) is 0 Å². The third-order valence-corrected chi connectivity index (χ3v) is 2.58. The van der Waals surface area contributed by atoms with Crippen LogP contribution < -0.4 is 0 Å². The molecule has 0 radical (unpaired) electrons. The Bertz CT molecular complexity index is 110. The summed E-state index contributed by atoms with van der Waals surface area (Å²) in [7, 11) is 0. The molecular weight excluding hydrogens is 172 g/mol. The normalized spacial score (nSPS) is 13.5. The van der Waals surface area contributed by atoms with Gasteiger partial charge in [0.2, 0.25) is 0 Å². The van der Waals surface area contributed by atoms with Crippen molar-refractivity contribution < 1.29 is 4.74 Å². The fourth-order valence-corrected chi connectivity index (χ4v) is 1.73. The Morgan fingerprint density at radius 2 is 1.64 bits per heavy atom. The Morgan fingerprint density at radius 1 is 0.929 bits per heavy atom. The lowest BCUT2D eigenvalue weighted by Crippen LogP contribution is -2.13. The van der Waals surface area contributed by atoms with Crippen LogP contribution in [0.15, 0.2) is 0 Å². The molecule has 0 spiro atoms. The Hall–Kier alpha value is -0.0400. The van der Waals surface area contributed by atoms with Gasteiger partial charge in [0.25, 0.3) is 0 Å². The van der Waals surface area contributed by atoms with Gasteiger partial charge >= 0.3 is 0 Å². The highest BCUT2D eigenvalue weighted by molar-refractivity contribution is 4.58. The second-order valence-electron chi connectivity index (χ2n) is 4.53. The van der Waals surface area contributed by atoms with Crippen LogP contribution in [-0.2, 0) is 4.74 Å².